The number of aromatic nitrogens is 3. The molecular formula is C14H10BrCl2N5. The van der Waals surface area contributed by atoms with E-state index < -0.39 is 0 Å². The normalized spacial score (nSPS) is 10.9. The van der Waals surface area contributed by atoms with Crippen molar-refractivity contribution in [1.29, 1.82) is 0 Å². The van der Waals surface area contributed by atoms with Gasteiger partial charge in [-0.25, -0.2) is 9.97 Å². The quantitative estimate of drug-likeness (QED) is 0.688. The molecule has 0 radical (unpaired) electrons. The molecule has 22 heavy (non-hydrogen) atoms. The van der Waals surface area contributed by atoms with Gasteiger partial charge in [0.2, 0.25) is 0 Å². The SMILES string of the molecule is Nc1ncc(Br)cc1CNc1cnc2cc(Cl)c(Cl)cc2n1. The van der Waals surface area contributed by atoms with Crippen molar-refractivity contribution in [2.45, 2.75) is 6.54 Å². The highest BCUT2D eigenvalue weighted by Gasteiger charge is 2.06. The van der Waals surface area contributed by atoms with E-state index in [1.54, 1.807) is 24.5 Å². The largest absolute Gasteiger partial charge is 0.383 e. The Kier molecular flexibility index (Phi) is 4.33. The van der Waals surface area contributed by atoms with Crippen LogP contribution >= 0.6 is 39.1 Å². The molecule has 2 aromatic heterocycles. The van der Waals surface area contributed by atoms with E-state index in [0.29, 0.717) is 39.3 Å². The van der Waals surface area contributed by atoms with Crippen molar-refractivity contribution >= 4 is 61.8 Å². The zero-order valence-electron chi connectivity index (χ0n) is 11.1. The number of anilines is 2. The van der Waals surface area contributed by atoms with Crippen molar-refractivity contribution in [2.24, 2.45) is 0 Å². The summed E-state index contributed by atoms with van der Waals surface area (Å²) < 4.78 is 0.865. The molecule has 112 valence electrons. The van der Waals surface area contributed by atoms with Crippen molar-refractivity contribution < 1.29 is 0 Å². The molecule has 3 N–H and O–H groups in total. The average Bonchev–Trinajstić information content (AvgIpc) is 2.49. The third-order valence-electron chi connectivity index (χ3n) is 3.01. The molecule has 3 rings (SSSR count). The van der Waals surface area contributed by atoms with Crippen molar-refractivity contribution in [3.05, 3.63) is 50.7 Å². The minimum atomic E-state index is 0.445. The number of nitrogen functional groups attached to an aromatic ring is 1. The number of nitrogens with one attached hydrogen (secondary N) is 1. The summed E-state index contributed by atoms with van der Waals surface area (Å²) >= 11 is 15.3. The predicted molar refractivity (Wildman–Crippen MR) is 93.2 cm³/mol. The highest BCUT2D eigenvalue weighted by molar-refractivity contribution is 9.10. The van der Waals surface area contributed by atoms with Crippen LogP contribution in [-0.4, -0.2) is 15.0 Å². The van der Waals surface area contributed by atoms with Gasteiger partial charge in [-0.05, 0) is 34.1 Å². The molecule has 0 saturated heterocycles. The number of nitrogens with zero attached hydrogens (tertiary/aromatic N) is 3. The lowest BCUT2D eigenvalue weighted by Gasteiger charge is -2.09. The van der Waals surface area contributed by atoms with Gasteiger partial charge >= 0.3 is 0 Å². The van der Waals surface area contributed by atoms with E-state index in [9.17, 15) is 0 Å². The number of pyridine rings is 1. The van der Waals surface area contributed by atoms with Gasteiger partial charge in [-0.2, -0.15) is 0 Å². The van der Waals surface area contributed by atoms with Gasteiger partial charge in [0.25, 0.3) is 0 Å². The van der Waals surface area contributed by atoms with Crippen molar-refractivity contribution in [1.82, 2.24) is 15.0 Å². The number of fused-ring (bicyclic) bond motifs is 1. The smallest absolute Gasteiger partial charge is 0.145 e. The molecule has 0 aliphatic heterocycles. The van der Waals surface area contributed by atoms with Crippen LogP contribution in [0.5, 0.6) is 0 Å². The Morgan fingerprint density at radius 3 is 2.55 bits per heavy atom. The minimum Gasteiger partial charge on any atom is -0.383 e. The minimum absolute atomic E-state index is 0.445. The van der Waals surface area contributed by atoms with Crippen LogP contribution in [0.2, 0.25) is 10.0 Å². The molecule has 8 heteroatoms. The molecule has 0 amide bonds. The fraction of sp³-hybridized carbons (Fsp3) is 0.0714. The van der Waals surface area contributed by atoms with Crippen LogP contribution in [0.25, 0.3) is 11.0 Å². The summed E-state index contributed by atoms with van der Waals surface area (Å²) in [4.78, 5) is 12.9. The standard InChI is InChI=1S/C14H10BrCl2N5/c15-8-1-7(14(18)21-5-8)4-20-13-6-19-11-2-9(16)10(17)3-12(11)22-13/h1-3,5-6H,4H2,(H2,18,21)(H,20,22). The highest BCUT2D eigenvalue weighted by atomic mass is 79.9. The van der Waals surface area contributed by atoms with Gasteiger partial charge in [-0.1, -0.05) is 23.2 Å². The third-order valence-corrected chi connectivity index (χ3v) is 4.17. The Morgan fingerprint density at radius 2 is 1.77 bits per heavy atom. The molecule has 0 unspecified atom stereocenters. The second-order valence-corrected chi connectivity index (χ2v) is 6.29. The number of hydrogen-bond donors (Lipinski definition) is 2. The fourth-order valence-corrected chi connectivity index (χ4v) is 2.61. The van der Waals surface area contributed by atoms with Gasteiger partial charge in [0.05, 0.1) is 27.3 Å². The molecule has 5 nitrogen and oxygen atoms in total. The lowest BCUT2D eigenvalue weighted by Crippen LogP contribution is -2.06. The lowest BCUT2D eigenvalue weighted by molar-refractivity contribution is 1.09. The van der Waals surface area contributed by atoms with Crippen LogP contribution in [0.1, 0.15) is 5.56 Å². The van der Waals surface area contributed by atoms with Gasteiger partial charge in [0.15, 0.2) is 0 Å². The zero-order valence-corrected chi connectivity index (χ0v) is 14.2. The van der Waals surface area contributed by atoms with E-state index in [-0.39, 0.29) is 0 Å². The van der Waals surface area contributed by atoms with Gasteiger partial charge in [0.1, 0.15) is 11.6 Å². The maximum atomic E-state index is 6.00. The molecule has 0 aliphatic rings. The summed E-state index contributed by atoms with van der Waals surface area (Å²) in [5, 5.41) is 4.07. The van der Waals surface area contributed by atoms with Crippen LogP contribution in [0.3, 0.4) is 0 Å². The molecule has 0 fully saturated rings. The zero-order chi connectivity index (χ0) is 15.7. The Balaban J connectivity index is 1.85. The van der Waals surface area contributed by atoms with Gasteiger partial charge < -0.3 is 11.1 Å². The topological polar surface area (TPSA) is 76.7 Å². The van der Waals surface area contributed by atoms with Crippen LogP contribution < -0.4 is 11.1 Å². The molecule has 0 saturated carbocycles. The third kappa shape index (κ3) is 3.24. The van der Waals surface area contributed by atoms with E-state index >= 15 is 0 Å². The van der Waals surface area contributed by atoms with Gasteiger partial charge in [-0.15, -0.1) is 0 Å². The van der Waals surface area contributed by atoms with Crippen LogP contribution in [-0.2, 0) is 6.54 Å². The van der Waals surface area contributed by atoms with Gasteiger partial charge in [-0.3, -0.25) is 4.98 Å². The molecule has 0 aliphatic carbocycles. The summed E-state index contributed by atoms with van der Waals surface area (Å²) in [7, 11) is 0. The van der Waals surface area contributed by atoms with E-state index in [0.717, 1.165) is 10.0 Å². The highest BCUT2D eigenvalue weighted by Crippen LogP contribution is 2.26. The Labute approximate surface area is 145 Å². The Morgan fingerprint density at radius 1 is 1.05 bits per heavy atom. The van der Waals surface area contributed by atoms with Crippen molar-refractivity contribution in [3.8, 4) is 0 Å². The van der Waals surface area contributed by atoms with Crippen LogP contribution in [0, 0.1) is 0 Å². The summed E-state index contributed by atoms with van der Waals surface area (Å²) in [5.74, 6) is 1.09. The summed E-state index contributed by atoms with van der Waals surface area (Å²) in [5.41, 5.74) is 8.06. The van der Waals surface area contributed by atoms with E-state index in [1.165, 1.54) is 0 Å². The first-order valence-electron chi connectivity index (χ1n) is 6.28. The van der Waals surface area contributed by atoms with Crippen LogP contribution in [0.15, 0.2) is 35.1 Å². The molecule has 3 aromatic rings. The lowest BCUT2D eigenvalue weighted by atomic mass is 10.2. The number of halogens is 3. The first kappa shape index (κ1) is 15.3. The molecule has 2 heterocycles. The maximum Gasteiger partial charge on any atom is 0.145 e. The fourth-order valence-electron chi connectivity index (χ4n) is 1.91. The first-order chi connectivity index (χ1) is 10.5. The molecule has 0 atom stereocenters. The van der Waals surface area contributed by atoms with E-state index in [4.69, 9.17) is 28.9 Å². The monoisotopic (exact) mass is 397 g/mol. The second-order valence-electron chi connectivity index (χ2n) is 4.56. The number of rotatable bonds is 3. The maximum absolute atomic E-state index is 6.00. The number of benzene rings is 1. The number of nitrogens with two attached hydrogens (primary N) is 1. The molecule has 0 bridgehead atoms. The molecule has 1 aromatic carbocycles. The number of hydrogen-bond acceptors (Lipinski definition) is 5. The van der Waals surface area contributed by atoms with E-state index in [2.05, 4.69) is 36.2 Å². The molecular weight excluding hydrogens is 389 g/mol. The predicted octanol–water partition coefficient (Wildman–Crippen LogP) is 4.29. The summed E-state index contributed by atoms with van der Waals surface area (Å²) in [6.45, 7) is 0.486. The van der Waals surface area contributed by atoms with Crippen molar-refractivity contribution in [2.75, 3.05) is 11.1 Å². The molecule has 0 spiro atoms. The Hall–Kier alpha value is -1.63. The second kappa shape index (κ2) is 6.24. The Bertz CT molecular complexity index is 856. The van der Waals surface area contributed by atoms with E-state index in [1.807, 2.05) is 6.07 Å². The summed E-state index contributed by atoms with van der Waals surface area (Å²) in [6, 6.07) is 5.28. The van der Waals surface area contributed by atoms with Crippen molar-refractivity contribution in [3.63, 3.8) is 0 Å². The average molecular weight is 399 g/mol. The van der Waals surface area contributed by atoms with Crippen LogP contribution in [0.4, 0.5) is 11.6 Å². The first-order valence-corrected chi connectivity index (χ1v) is 7.83. The summed E-state index contributed by atoms with van der Waals surface area (Å²) in [6.07, 6.45) is 3.29. The van der Waals surface area contributed by atoms with Gasteiger partial charge in [0, 0.05) is 22.8 Å².